The van der Waals surface area contributed by atoms with Gasteiger partial charge in [-0.05, 0) is 18.3 Å². The minimum atomic E-state index is 0.466. The Balaban J connectivity index is 2.63. The van der Waals surface area contributed by atoms with Crippen molar-refractivity contribution in [2.24, 2.45) is 11.8 Å². The van der Waals surface area contributed by atoms with Gasteiger partial charge in [-0.1, -0.05) is 13.8 Å². The third-order valence-electron chi connectivity index (χ3n) is 2.77. The normalized spacial score (nSPS) is 52.6. The molecule has 0 nitrogen and oxygen atoms in total. The molecule has 0 aliphatic heterocycles. The van der Waals surface area contributed by atoms with Crippen molar-refractivity contribution in [3.05, 3.63) is 0 Å². The summed E-state index contributed by atoms with van der Waals surface area (Å²) in [5.41, 5.74) is 0. The SMILES string of the molecule is CC1C(S)CC(S)C(C)C1S. The highest BCUT2D eigenvalue weighted by Gasteiger charge is 2.35. The van der Waals surface area contributed by atoms with Crippen molar-refractivity contribution in [1.29, 1.82) is 0 Å². The Bertz CT molecular complexity index is 123. The Morgan fingerprint density at radius 3 is 1.64 bits per heavy atom. The molecule has 11 heavy (non-hydrogen) atoms. The van der Waals surface area contributed by atoms with Crippen LogP contribution in [0.3, 0.4) is 0 Å². The van der Waals surface area contributed by atoms with E-state index in [-0.39, 0.29) is 0 Å². The van der Waals surface area contributed by atoms with E-state index in [1.165, 1.54) is 0 Å². The van der Waals surface area contributed by atoms with Crippen LogP contribution in [0.15, 0.2) is 0 Å². The summed E-state index contributed by atoms with van der Waals surface area (Å²) in [6, 6.07) is 0. The van der Waals surface area contributed by atoms with Crippen LogP contribution in [0.5, 0.6) is 0 Å². The quantitative estimate of drug-likeness (QED) is 0.501. The second kappa shape index (κ2) is 3.84. The van der Waals surface area contributed by atoms with E-state index in [4.69, 9.17) is 0 Å². The lowest BCUT2D eigenvalue weighted by Crippen LogP contribution is -2.40. The number of hydrogen-bond acceptors (Lipinski definition) is 3. The van der Waals surface area contributed by atoms with Gasteiger partial charge in [-0.2, -0.15) is 37.9 Å². The summed E-state index contributed by atoms with van der Waals surface area (Å²) in [6.07, 6.45) is 1.12. The summed E-state index contributed by atoms with van der Waals surface area (Å²) < 4.78 is 0. The summed E-state index contributed by atoms with van der Waals surface area (Å²) in [5, 5.41) is 1.43. The maximum absolute atomic E-state index is 4.57. The molecule has 0 heterocycles. The zero-order valence-corrected chi connectivity index (χ0v) is 9.62. The topological polar surface area (TPSA) is 0 Å². The van der Waals surface area contributed by atoms with Crippen molar-refractivity contribution >= 4 is 37.9 Å². The highest BCUT2D eigenvalue weighted by Crippen LogP contribution is 2.38. The predicted molar refractivity (Wildman–Crippen MR) is 61.3 cm³/mol. The van der Waals surface area contributed by atoms with Crippen LogP contribution in [0.4, 0.5) is 0 Å². The highest BCUT2D eigenvalue weighted by molar-refractivity contribution is 7.83. The molecule has 0 bridgehead atoms. The van der Waals surface area contributed by atoms with Crippen molar-refractivity contribution in [3.63, 3.8) is 0 Å². The molecule has 4 unspecified atom stereocenters. The number of hydrogen-bond donors (Lipinski definition) is 3. The number of thiol groups is 3. The summed E-state index contributed by atoms with van der Waals surface area (Å²) in [5.74, 6) is 1.22. The van der Waals surface area contributed by atoms with Crippen molar-refractivity contribution in [2.75, 3.05) is 0 Å². The Kier molecular flexibility index (Phi) is 3.54. The van der Waals surface area contributed by atoms with E-state index in [0.29, 0.717) is 27.6 Å². The van der Waals surface area contributed by atoms with Crippen LogP contribution in [-0.2, 0) is 0 Å². The fraction of sp³-hybridized carbons (Fsp3) is 1.00. The Morgan fingerprint density at radius 2 is 1.27 bits per heavy atom. The van der Waals surface area contributed by atoms with E-state index in [0.717, 1.165) is 6.42 Å². The Labute approximate surface area is 85.8 Å². The van der Waals surface area contributed by atoms with Crippen molar-refractivity contribution in [3.8, 4) is 0 Å². The molecule has 4 atom stereocenters. The lowest BCUT2D eigenvalue weighted by molar-refractivity contribution is 0.337. The molecule has 0 N–H and O–H groups in total. The monoisotopic (exact) mass is 208 g/mol. The van der Waals surface area contributed by atoms with Gasteiger partial charge in [-0.3, -0.25) is 0 Å². The number of rotatable bonds is 0. The first-order valence-corrected chi connectivity index (χ1v) is 5.63. The molecule has 1 fully saturated rings. The van der Waals surface area contributed by atoms with Gasteiger partial charge >= 0.3 is 0 Å². The minimum absolute atomic E-state index is 0.466. The summed E-state index contributed by atoms with van der Waals surface area (Å²) in [7, 11) is 0. The van der Waals surface area contributed by atoms with Gasteiger partial charge < -0.3 is 0 Å². The molecule has 0 aromatic rings. The van der Waals surface area contributed by atoms with E-state index in [1.807, 2.05) is 0 Å². The molecule has 3 heteroatoms. The van der Waals surface area contributed by atoms with E-state index in [2.05, 4.69) is 51.7 Å². The van der Waals surface area contributed by atoms with Gasteiger partial charge in [0.25, 0.3) is 0 Å². The molecule has 0 amide bonds. The molecular weight excluding hydrogens is 192 g/mol. The molecular formula is C8H16S3. The maximum Gasteiger partial charge on any atom is 0.00890 e. The molecule has 0 spiro atoms. The van der Waals surface area contributed by atoms with Gasteiger partial charge in [-0.15, -0.1) is 0 Å². The third kappa shape index (κ3) is 2.04. The lowest BCUT2D eigenvalue weighted by Gasteiger charge is -2.39. The largest absolute Gasteiger partial charge is 0.176 e. The summed E-state index contributed by atoms with van der Waals surface area (Å²) >= 11 is 13.6. The van der Waals surface area contributed by atoms with E-state index in [1.54, 1.807) is 0 Å². The van der Waals surface area contributed by atoms with Crippen LogP contribution in [0.25, 0.3) is 0 Å². The highest BCUT2D eigenvalue weighted by atomic mass is 32.1. The van der Waals surface area contributed by atoms with Crippen LogP contribution < -0.4 is 0 Å². The molecule has 0 radical (unpaired) electrons. The fourth-order valence-corrected chi connectivity index (χ4v) is 3.29. The Morgan fingerprint density at radius 1 is 0.909 bits per heavy atom. The van der Waals surface area contributed by atoms with Gasteiger partial charge in [-0.25, -0.2) is 0 Å². The average molecular weight is 208 g/mol. The molecule has 1 rings (SSSR count). The van der Waals surface area contributed by atoms with Crippen molar-refractivity contribution in [1.82, 2.24) is 0 Å². The molecule has 1 aliphatic rings. The van der Waals surface area contributed by atoms with E-state index >= 15 is 0 Å². The first-order valence-electron chi connectivity index (χ1n) is 4.08. The standard InChI is InChI=1S/C8H16S3/c1-4-6(9)3-7(10)5(2)8(4)11/h4-11H,3H2,1-2H3. The zero-order chi connectivity index (χ0) is 8.59. The van der Waals surface area contributed by atoms with E-state index < -0.39 is 0 Å². The molecule has 0 aromatic carbocycles. The van der Waals surface area contributed by atoms with Crippen molar-refractivity contribution in [2.45, 2.75) is 36.0 Å². The van der Waals surface area contributed by atoms with Crippen LogP contribution >= 0.6 is 37.9 Å². The smallest absolute Gasteiger partial charge is 0.00890 e. The molecule has 66 valence electrons. The van der Waals surface area contributed by atoms with Crippen LogP contribution in [0, 0.1) is 11.8 Å². The van der Waals surface area contributed by atoms with Crippen LogP contribution in [0.1, 0.15) is 20.3 Å². The summed E-state index contributed by atoms with van der Waals surface area (Å²) in [4.78, 5) is 0. The van der Waals surface area contributed by atoms with Gasteiger partial charge in [0.2, 0.25) is 0 Å². The fourth-order valence-electron chi connectivity index (χ4n) is 1.61. The van der Waals surface area contributed by atoms with E-state index in [9.17, 15) is 0 Å². The second-order valence-corrected chi connectivity index (χ2v) is 5.50. The van der Waals surface area contributed by atoms with Crippen molar-refractivity contribution < 1.29 is 0 Å². The molecule has 0 saturated heterocycles. The van der Waals surface area contributed by atoms with Crippen LogP contribution in [-0.4, -0.2) is 15.7 Å². The third-order valence-corrected chi connectivity index (χ3v) is 5.08. The van der Waals surface area contributed by atoms with Gasteiger partial charge in [0.15, 0.2) is 0 Å². The van der Waals surface area contributed by atoms with Gasteiger partial charge in [0, 0.05) is 15.7 Å². The average Bonchev–Trinajstić information content (AvgIpc) is 1.97. The summed E-state index contributed by atoms with van der Waals surface area (Å²) in [6.45, 7) is 4.46. The van der Waals surface area contributed by atoms with Crippen LogP contribution in [0.2, 0.25) is 0 Å². The lowest BCUT2D eigenvalue weighted by atomic mass is 9.82. The molecule has 1 saturated carbocycles. The predicted octanol–water partition coefficient (Wildman–Crippen LogP) is 2.56. The van der Waals surface area contributed by atoms with Gasteiger partial charge in [0.05, 0.1) is 0 Å². The maximum atomic E-state index is 4.57. The van der Waals surface area contributed by atoms with Gasteiger partial charge in [0.1, 0.15) is 0 Å². The first-order chi connectivity index (χ1) is 5.04. The first kappa shape index (κ1) is 10.1. The second-order valence-electron chi connectivity index (χ2n) is 3.58. The zero-order valence-electron chi connectivity index (χ0n) is 6.94. The minimum Gasteiger partial charge on any atom is -0.176 e. The molecule has 0 aromatic heterocycles. The molecule has 1 aliphatic carbocycles. The Hall–Kier alpha value is 1.05.